The fourth-order valence-electron chi connectivity index (χ4n) is 2.55. The summed E-state index contributed by atoms with van der Waals surface area (Å²) >= 11 is 5.98. The van der Waals surface area contributed by atoms with E-state index in [9.17, 15) is 15.4 Å². The number of rotatable bonds is 5. The molecule has 7 heteroatoms. The summed E-state index contributed by atoms with van der Waals surface area (Å²) in [5.41, 5.74) is 1.76. The number of pyridine rings is 1. The number of nitrogens with zero attached hydrogens (tertiary/aromatic N) is 3. The average molecular weight is 365 g/mol. The molecule has 2 aromatic carbocycles. The molecule has 0 unspecified atom stereocenters. The van der Waals surface area contributed by atoms with E-state index in [2.05, 4.69) is 10.3 Å². The van der Waals surface area contributed by atoms with Crippen molar-refractivity contribution in [2.45, 2.75) is 6.04 Å². The maximum atomic E-state index is 10.9. The van der Waals surface area contributed by atoms with E-state index in [1.54, 1.807) is 12.1 Å². The molecule has 0 amide bonds. The molecule has 0 saturated heterocycles. The maximum Gasteiger partial charge on any atom is 0.289 e. The lowest BCUT2D eigenvalue weighted by molar-refractivity contribution is -0.385. The monoisotopic (exact) mass is 364 g/mol. The molecular weight excluding hydrogens is 352 g/mol. The van der Waals surface area contributed by atoms with E-state index in [0.717, 1.165) is 17.3 Å². The smallest absolute Gasteiger partial charge is 0.289 e. The first-order valence-corrected chi connectivity index (χ1v) is 8.08. The van der Waals surface area contributed by atoms with Crippen LogP contribution in [0.25, 0.3) is 0 Å². The molecule has 128 valence electrons. The minimum Gasteiger partial charge on any atom is -0.358 e. The minimum atomic E-state index is -0.578. The van der Waals surface area contributed by atoms with Gasteiger partial charge in [-0.1, -0.05) is 54.1 Å². The van der Waals surface area contributed by atoms with E-state index in [0.29, 0.717) is 5.02 Å². The van der Waals surface area contributed by atoms with Crippen LogP contribution < -0.4 is 5.32 Å². The number of halogens is 1. The molecule has 0 aliphatic carbocycles. The normalized spacial score (nSPS) is 11.4. The quantitative estimate of drug-likeness (QED) is 0.522. The van der Waals surface area contributed by atoms with E-state index >= 15 is 0 Å². The Hall–Kier alpha value is -3.43. The number of nitriles is 1. The molecular formula is C19H13ClN4O2. The summed E-state index contributed by atoms with van der Waals surface area (Å²) in [5.74, 6) is 0.280. The van der Waals surface area contributed by atoms with Crippen LogP contribution in [0.1, 0.15) is 22.7 Å². The first-order valence-electron chi connectivity index (χ1n) is 7.70. The van der Waals surface area contributed by atoms with Crippen molar-refractivity contribution >= 4 is 23.1 Å². The van der Waals surface area contributed by atoms with Gasteiger partial charge in [-0.05, 0) is 23.3 Å². The van der Waals surface area contributed by atoms with Crippen LogP contribution >= 0.6 is 11.6 Å². The van der Waals surface area contributed by atoms with Gasteiger partial charge in [-0.2, -0.15) is 5.26 Å². The average Bonchev–Trinajstić information content (AvgIpc) is 2.67. The van der Waals surface area contributed by atoms with Crippen LogP contribution in [-0.4, -0.2) is 9.91 Å². The summed E-state index contributed by atoms with van der Waals surface area (Å²) < 4.78 is 0. The lowest BCUT2D eigenvalue weighted by Crippen LogP contribution is -2.14. The zero-order valence-electron chi connectivity index (χ0n) is 13.5. The van der Waals surface area contributed by atoms with Gasteiger partial charge in [-0.15, -0.1) is 0 Å². The summed E-state index contributed by atoms with van der Waals surface area (Å²) in [5, 5.41) is 24.1. The molecule has 1 heterocycles. The molecule has 1 N–H and O–H groups in total. The number of anilines is 1. The summed E-state index contributed by atoms with van der Waals surface area (Å²) in [6.07, 6.45) is 1.13. The van der Waals surface area contributed by atoms with E-state index < -0.39 is 4.92 Å². The lowest BCUT2D eigenvalue weighted by Gasteiger charge is -2.21. The molecule has 1 aromatic heterocycles. The number of aromatic nitrogens is 1. The second-order valence-electron chi connectivity index (χ2n) is 5.50. The Labute approximate surface area is 154 Å². The molecule has 0 aliphatic heterocycles. The number of hydrogen-bond acceptors (Lipinski definition) is 5. The molecule has 6 nitrogen and oxygen atoms in total. The van der Waals surface area contributed by atoms with Crippen molar-refractivity contribution in [2.24, 2.45) is 0 Å². The number of nitro groups is 1. The van der Waals surface area contributed by atoms with E-state index in [1.165, 1.54) is 6.07 Å². The Morgan fingerprint density at radius 3 is 2.38 bits per heavy atom. The Morgan fingerprint density at radius 1 is 1.12 bits per heavy atom. The van der Waals surface area contributed by atoms with Crippen LogP contribution in [0.2, 0.25) is 5.02 Å². The van der Waals surface area contributed by atoms with Gasteiger partial charge < -0.3 is 5.32 Å². The van der Waals surface area contributed by atoms with Gasteiger partial charge in [0.05, 0.1) is 11.0 Å². The lowest BCUT2D eigenvalue weighted by atomic mass is 9.98. The fraction of sp³-hybridized carbons (Fsp3) is 0.0526. The summed E-state index contributed by atoms with van der Waals surface area (Å²) in [6, 6.07) is 19.8. The highest BCUT2D eigenvalue weighted by molar-refractivity contribution is 6.30. The minimum absolute atomic E-state index is 0.106. The first-order chi connectivity index (χ1) is 12.6. The van der Waals surface area contributed by atoms with E-state index in [1.807, 2.05) is 48.5 Å². The van der Waals surface area contributed by atoms with E-state index in [4.69, 9.17) is 11.6 Å². The number of benzene rings is 2. The van der Waals surface area contributed by atoms with Gasteiger partial charge in [-0.25, -0.2) is 4.98 Å². The summed E-state index contributed by atoms with van der Waals surface area (Å²) in [7, 11) is 0. The van der Waals surface area contributed by atoms with Crippen molar-refractivity contribution in [3.63, 3.8) is 0 Å². The van der Waals surface area contributed by atoms with Gasteiger partial charge >= 0.3 is 0 Å². The second kappa shape index (κ2) is 7.64. The summed E-state index contributed by atoms with van der Waals surface area (Å²) in [4.78, 5) is 14.4. The molecule has 0 aliphatic rings. The van der Waals surface area contributed by atoms with Crippen molar-refractivity contribution in [3.8, 4) is 6.07 Å². The Bertz CT molecular complexity index is 969. The van der Waals surface area contributed by atoms with Crippen molar-refractivity contribution in [3.05, 3.63) is 98.7 Å². The molecule has 0 radical (unpaired) electrons. The third-order valence-electron chi connectivity index (χ3n) is 3.82. The van der Waals surface area contributed by atoms with Crippen molar-refractivity contribution in [1.82, 2.24) is 4.98 Å². The van der Waals surface area contributed by atoms with Crippen molar-refractivity contribution in [2.75, 3.05) is 5.32 Å². The standard InChI is InChI=1S/C19H13ClN4O2/c20-16-8-6-14(7-9-16)18(13-4-2-1-3-5-13)23-19-15(11-21)10-17(12-22-19)24(25)26/h1-10,12,18H,(H,22,23)/t18-/m1/s1. The largest absolute Gasteiger partial charge is 0.358 e. The summed E-state index contributed by atoms with van der Waals surface area (Å²) in [6.45, 7) is 0. The van der Waals surface area contributed by atoms with Gasteiger partial charge in [0.25, 0.3) is 5.69 Å². The highest BCUT2D eigenvalue weighted by Gasteiger charge is 2.18. The topological polar surface area (TPSA) is 91.8 Å². The van der Waals surface area contributed by atoms with Crippen LogP contribution in [-0.2, 0) is 0 Å². The molecule has 3 aromatic rings. The number of hydrogen-bond donors (Lipinski definition) is 1. The van der Waals surface area contributed by atoms with Gasteiger partial charge in [0, 0.05) is 11.1 Å². The molecule has 0 fully saturated rings. The zero-order chi connectivity index (χ0) is 18.5. The number of nitrogens with one attached hydrogen (secondary N) is 1. The van der Waals surface area contributed by atoms with Crippen LogP contribution in [0.3, 0.4) is 0 Å². The molecule has 26 heavy (non-hydrogen) atoms. The van der Waals surface area contributed by atoms with Crippen LogP contribution in [0.4, 0.5) is 11.5 Å². The highest BCUT2D eigenvalue weighted by atomic mass is 35.5. The van der Waals surface area contributed by atoms with Crippen molar-refractivity contribution in [1.29, 1.82) is 5.26 Å². The molecule has 0 spiro atoms. The molecule has 0 bridgehead atoms. The highest BCUT2D eigenvalue weighted by Crippen LogP contribution is 2.29. The predicted molar refractivity (Wildman–Crippen MR) is 99.0 cm³/mol. The second-order valence-corrected chi connectivity index (χ2v) is 5.93. The predicted octanol–water partition coefficient (Wildman–Crippen LogP) is 4.72. The van der Waals surface area contributed by atoms with Crippen molar-refractivity contribution < 1.29 is 4.92 Å². The van der Waals surface area contributed by atoms with Gasteiger partial charge in [0.1, 0.15) is 23.6 Å². The van der Waals surface area contributed by atoms with Gasteiger partial charge in [0.15, 0.2) is 0 Å². The Balaban J connectivity index is 2.03. The SMILES string of the molecule is N#Cc1cc([N+](=O)[O-])cnc1N[C@H](c1ccccc1)c1ccc(Cl)cc1. The van der Waals surface area contributed by atoms with Gasteiger partial charge in [0.2, 0.25) is 0 Å². The molecule has 3 rings (SSSR count). The Morgan fingerprint density at radius 2 is 1.77 bits per heavy atom. The van der Waals surface area contributed by atoms with Crippen LogP contribution in [0.5, 0.6) is 0 Å². The van der Waals surface area contributed by atoms with Gasteiger partial charge in [-0.3, -0.25) is 10.1 Å². The Kier molecular flexibility index (Phi) is 5.11. The van der Waals surface area contributed by atoms with Crippen LogP contribution in [0.15, 0.2) is 66.9 Å². The molecule has 1 atom stereocenters. The van der Waals surface area contributed by atoms with E-state index in [-0.39, 0.29) is 23.1 Å². The third-order valence-corrected chi connectivity index (χ3v) is 4.07. The first kappa shape index (κ1) is 17.4. The zero-order valence-corrected chi connectivity index (χ0v) is 14.2. The fourth-order valence-corrected chi connectivity index (χ4v) is 2.68. The molecule has 0 saturated carbocycles. The maximum absolute atomic E-state index is 10.9. The third kappa shape index (κ3) is 3.79. The van der Waals surface area contributed by atoms with Crippen LogP contribution in [0, 0.1) is 21.4 Å².